The molecule has 0 saturated heterocycles. The average Bonchev–Trinajstić information content (AvgIpc) is 2.82. The number of ether oxygens (including phenoxy) is 3. The van der Waals surface area contributed by atoms with Crippen LogP contribution in [-0.4, -0.2) is 18.7 Å². The van der Waals surface area contributed by atoms with E-state index in [2.05, 4.69) is 37.4 Å². The molecule has 5 heteroatoms. The number of benzene rings is 3. The Bertz CT molecular complexity index is 1070. The van der Waals surface area contributed by atoms with E-state index in [1.54, 1.807) is 12.1 Å². The van der Waals surface area contributed by atoms with Crippen molar-refractivity contribution in [1.82, 2.24) is 0 Å². The molecule has 0 bridgehead atoms. The molecule has 0 aliphatic heterocycles. The largest absolute Gasteiger partial charge is 0.457 e. The van der Waals surface area contributed by atoms with E-state index in [1.165, 1.54) is 11.1 Å². The quantitative estimate of drug-likeness (QED) is 0.115. The van der Waals surface area contributed by atoms with Crippen molar-refractivity contribution in [1.29, 1.82) is 0 Å². The highest BCUT2D eigenvalue weighted by molar-refractivity contribution is 5.83. The predicted octanol–water partition coefficient (Wildman–Crippen LogP) is 8.84. The standard InChI is InChI=1S/C27H24O5.6CH4/c1-3-26(28)31-19-30-24-13-9-22(10-14-24)17-20-5-7-21(8-6-20)18-23-11-15-25(16-12-23)32-27(29)4-2;;;;;;/h3-16H,1-2,17-19H2;6*1H4. The molecule has 0 aromatic heterocycles. The van der Waals surface area contributed by atoms with Gasteiger partial charge in [-0.25, -0.2) is 9.59 Å². The molecule has 0 radical (unpaired) electrons. The number of rotatable bonds is 10. The molecule has 0 saturated carbocycles. The maximum Gasteiger partial charge on any atom is 0.335 e. The lowest BCUT2D eigenvalue weighted by atomic mass is 10.0. The maximum absolute atomic E-state index is 11.2. The highest BCUT2D eigenvalue weighted by Gasteiger charge is 2.03. The fourth-order valence-electron chi connectivity index (χ4n) is 3.00. The van der Waals surface area contributed by atoms with E-state index in [9.17, 15) is 9.59 Å². The van der Waals surface area contributed by atoms with Gasteiger partial charge >= 0.3 is 11.9 Å². The van der Waals surface area contributed by atoms with Crippen molar-refractivity contribution in [3.8, 4) is 11.5 Å². The van der Waals surface area contributed by atoms with E-state index in [1.807, 2.05) is 36.4 Å². The fraction of sp³-hybridized carbons (Fsp3) is 0.273. The van der Waals surface area contributed by atoms with E-state index >= 15 is 0 Å². The van der Waals surface area contributed by atoms with Crippen molar-refractivity contribution in [2.75, 3.05) is 6.79 Å². The molecular weight excluding hydrogens is 476 g/mol. The third kappa shape index (κ3) is 13.3. The van der Waals surface area contributed by atoms with Crippen LogP contribution in [0.3, 0.4) is 0 Å². The SMILES string of the molecule is C.C.C.C.C.C.C=CC(=O)OCOc1ccc(Cc2ccc(Cc3ccc(OC(=O)C=C)cc3)cc2)cc1. The Balaban J connectivity index is -0.000000963. The molecule has 0 amide bonds. The number of esters is 2. The first-order valence-electron chi connectivity index (χ1n) is 10.1. The molecule has 0 atom stereocenters. The molecule has 0 spiro atoms. The summed E-state index contributed by atoms with van der Waals surface area (Å²) in [4.78, 5) is 22.3. The van der Waals surface area contributed by atoms with Crippen molar-refractivity contribution in [3.63, 3.8) is 0 Å². The van der Waals surface area contributed by atoms with Crippen molar-refractivity contribution in [2.24, 2.45) is 0 Å². The number of hydrogen-bond donors (Lipinski definition) is 0. The second-order valence-electron chi connectivity index (χ2n) is 7.01. The normalized spacial score (nSPS) is 8.53. The second-order valence-corrected chi connectivity index (χ2v) is 7.01. The highest BCUT2D eigenvalue weighted by Crippen LogP contribution is 2.18. The van der Waals surface area contributed by atoms with E-state index < -0.39 is 11.9 Å². The van der Waals surface area contributed by atoms with Gasteiger partial charge in [0.2, 0.25) is 6.79 Å². The van der Waals surface area contributed by atoms with Crippen LogP contribution in [0.2, 0.25) is 0 Å². The molecule has 3 aromatic rings. The van der Waals surface area contributed by atoms with Gasteiger partial charge in [0.25, 0.3) is 0 Å². The highest BCUT2D eigenvalue weighted by atomic mass is 16.7. The first-order valence-corrected chi connectivity index (χ1v) is 10.1. The molecule has 210 valence electrons. The van der Waals surface area contributed by atoms with Crippen LogP contribution in [0, 0.1) is 0 Å². The number of carbonyl (C=O) groups is 2. The van der Waals surface area contributed by atoms with Crippen LogP contribution in [0.4, 0.5) is 0 Å². The summed E-state index contributed by atoms with van der Waals surface area (Å²) < 4.78 is 15.3. The minimum absolute atomic E-state index is 0. The molecule has 0 aliphatic carbocycles. The fourth-order valence-corrected chi connectivity index (χ4v) is 3.00. The lowest BCUT2D eigenvalue weighted by Gasteiger charge is -2.08. The Hall–Kier alpha value is -4.12. The van der Waals surface area contributed by atoms with Crippen molar-refractivity contribution >= 4 is 11.9 Å². The molecule has 0 N–H and O–H groups in total. The van der Waals surface area contributed by atoms with Crippen LogP contribution in [0.25, 0.3) is 0 Å². The van der Waals surface area contributed by atoms with Crippen LogP contribution >= 0.6 is 0 Å². The van der Waals surface area contributed by atoms with Gasteiger partial charge < -0.3 is 14.2 Å². The predicted molar refractivity (Wildman–Crippen MR) is 163 cm³/mol. The summed E-state index contributed by atoms with van der Waals surface area (Å²) in [7, 11) is 0. The molecule has 3 aromatic carbocycles. The zero-order valence-electron chi connectivity index (χ0n) is 17.7. The van der Waals surface area contributed by atoms with Gasteiger partial charge in [0.1, 0.15) is 11.5 Å². The monoisotopic (exact) mass is 524 g/mol. The van der Waals surface area contributed by atoms with E-state index in [0.29, 0.717) is 11.5 Å². The molecule has 0 fully saturated rings. The van der Waals surface area contributed by atoms with Gasteiger partial charge in [0, 0.05) is 12.2 Å². The molecule has 0 aliphatic rings. The Morgan fingerprint density at radius 1 is 0.553 bits per heavy atom. The van der Waals surface area contributed by atoms with E-state index in [-0.39, 0.29) is 51.4 Å². The minimum atomic E-state index is -0.517. The Morgan fingerprint density at radius 2 is 0.895 bits per heavy atom. The lowest BCUT2D eigenvalue weighted by molar-refractivity contribution is -0.144. The molecule has 3 rings (SSSR count). The van der Waals surface area contributed by atoms with Gasteiger partial charge in [0.15, 0.2) is 0 Å². The first-order chi connectivity index (χ1) is 15.6. The first kappa shape index (κ1) is 41.0. The van der Waals surface area contributed by atoms with Crippen LogP contribution in [0.5, 0.6) is 11.5 Å². The van der Waals surface area contributed by atoms with Gasteiger partial charge in [0.05, 0.1) is 0 Å². The molecule has 0 unspecified atom stereocenters. The minimum Gasteiger partial charge on any atom is -0.457 e. The topological polar surface area (TPSA) is 61.8 Å². The molecular formula is C33H48O5. The molecule has 38 heavy (non-hydrogen) atoms. The van der Waals surface area contributed by atoms with Crippen LogP contribution in [0.1, 0.15) is 66.8 Å². The smallest absolute Gasteiger partial charge is 0.335 e. The van der Waals surface area contributed by atoms with E-state index in [0.717, 1.165) is 36.1 Å². The van der Waals surface area contributed by atoms with Gasteiger partial charge in [-0.15, -0.1) is 0 Å². The van der Waals surface area contributed by atoms with Gasteiger partial charge in [-0.05, 0) is 59.4 Å². The Morgan fingerprint density at radius 3 is 1.26 bits per heavy atom. The summed E-state index contributed by atoms with van der Waals surface area (Å²) in [6, 6.07) is 23.6. The maximum atomic E-state index is 11.2. The summed E-state index contributed by atoms with van der Waals surface area (Å²) in [5.74, 6) is 0.148. The van der Waals surface area contributed by atoms with Crippen LogP contribution in [-0.2, 0) is 27.2 Å². The summed E-state index contributed by atoms with van der Waals surface area (Å²) in [6.07, 6.45) is 3.83. The second kappa shape index (κ2) is 21.0. The summed E-state index contributed by atoms with van der Waals surface area (Å²) in [6.45, 7) is 6.57. The van der Waals surface area contributed by atoms with Crippen molar-refractivity contribution in [3.05, 3.63) is 120 Å². The van der Waals surface area contributed by atoms with Crippen LogP contribution in [0.15, 0.2) is 98.1 Å². The number of carbonyl (C=O) groups excluding carboxylic acids is 2. The zero-order valence-corrected chi connectivity index (χ0v) is 17.7. The van der Waals surface area contributed by atoms with Crippen molar-refractivity contribution < 1.29 is 23.8 Å². The van der Waals surface area contributed by atoms with E-state index in [4.69, 9.17) is 14.2 Å². The van der Waals surface area contributed by atoms with Gasteiger partial charge in [-0.2, -0.15) is 0 Å². The molecule has 5 nitrogen and oxygen atoms in total. The Kier molecular flexibility index (Phi) is 22.7. The molecule has 0 heterocycles. The third-order valence-corrected chi connectivity index (χ3v) is 4.66. The zero-order chi connectivity index (χ0) is 22.8. The lowest BCUT2D eigenvalue weighted by Crippen LogP contribution is -2.07. The van der Waals surface area contributed by atoms with Gasteiger partial charge in [-0.3, -0.25) is 0 Å². The summed E-state index contributed by atoms with van der Waals surface area (Å²) >= 11 is 0. The summed E-state index contributed by atoms with van der Waals surface area (Å²) in [5, 5.41) is 0. The summed E-state index contributed by atoms with van der Waals surface area (Å²) in [5.41, 5.74) is 4.68. The average molecular weight is 525 g/mol. The number of hydrogen-bond acceptors (Lipinski definition) is 5. The van der Waals surface area contributed by atoms with Crippen LogP contribution < -0.4 is 9.47 Å². The third-order valence-electron chi connectivity index (χ3n) is 4.66. The van der Waals surface area contributed by atoms with Crippen molar-refractivity contribution in [2.45, 2.75) is 57.4 Å². The van der Waals surface area contributed by atoms with Gasteiger partial charge in [-0.1, -0.05) is 106 Å². The Labute approximate surface area is 231 Å².